The van der Waals surface area contributed by atoms with Crippen LogP contribution in [0.1, 0.15) is 44.9 Å². The first-order valence-corrected chi connectivity index (χ1v) is 8.41. The molecule has 0 spiro atoms. The summed E-state index contributed by atoms with van der Waals surface area (Å²) >= 11 is 0. The van der Waals surface area contributed by atoms with Gasteiger partial charge in [0.2, 0.25) is 6.33 Å². The van der Waals surface area contributed by atoms with Gasteiger partial charge in [-0.1, -0.05) is 6.42 Å². The number of carbonyl (C=O) groups is 2. The third-order valence-electron chi connectivity index (χ3n) is 3.99. The summed E-state index contributed by atoms with van der Waals surface area (Å²) < 4.78 is 4.17. The Morgan fingerprint density at radius 3 is 2.12 bits per heavy atom. The molecule has 0 aliphatic rings. The molecule has 0 saturated carbocycles. The highest BCUT2D eigenvalue weighted by atomic mass is 16.4. The molecule has 0 aromatic carbocycles. The Balaban J connectivity index is 2.13. The molecule has 1 aromatic heterocycles. The van der Waals surface area contributed by atoms with E-state index in [0.717, 1.165) is 45.2 Å². The zero-order valence-corrected chi connectivity index (χ0v) is 14.0. The average molecular weight is 341 g/mol. The van der Waals surface area contributed by atoms with E-state index in [1.54, 1.807) is 0 Å². The maximum atomic E-state index is 10.6. The number of hydrogen-bond donors (Lipinski definition) is 4. The van der Waals surface area contributed by atoms with E-state index in [9.17, 15) is 9.59 Å². The minimum absolute atomic E-state index is 0.495. The summed E-state index contributed by atoms with van der Waals surface area (Å²) in [4.78, 5) is 21.2. The van der Waals surface area contributed by atoms with E-state index in [1.807, 2.05) is 18.7 Å². The topological polar surface area (TPSA) is 135 Å². The van der Waals surface area contributed by atoms with Crippen LogP contribution in [0, 0.1) is 0 Å². The summed E-state index contributed by atoms with van der Waals surface area (Å²) in [6, 6.07) is -1.53. The Bertz CT molecular complexity index is 518. The molecule has 2 unspecified atom stereocenters. The van der Waals surface area contributed by atoms with Crippen LogP contribution in [-0.2, 0) is 22.7 Å². The fourth-order valence-corrected chi connectivity index (χ4v) is 2.44. The first-order valence-electron chi connectivity index (χ1n) is 8.41. The number of imidazole rings is 1. The zero-order valence-electron chi connectivity index (χ0n) is 14.0. The molecular weight excluding hydrogens is 312 g/mol. The van der Waals surface area contributed by atoms with E-state index in [0.29, 0.717) is 12.8 Å². The van der Waals surface area contributed by atoms with Gasteiger partial charge in [-0.2, -0.15) is 0 Å². The lowest BCUT2D eigenvalue weighted by atomic mass is 10.1. The van der Waals surface area contributed by atoms with Crippen molar-refractivity contribution in [2.75, 3.05) is 0 Å². The number of nitrogens with two attached hydrogens (primary N) is 2. The summed E-state index contributed by atoms with van der Waals surface area (Å²) in [7, 11) is 0. The Hall–Kier alpha value is -1.93. The summed E-state index contributed by atoms with van der Waals surface area (Å²) in [5.74, 6) is -1.89. The zero-order chi connectivity index (χ0) is 17.9. The molecule has 1 aromatic rings. The summed E-state index contributed by atoms with van der Waals surface area (Å²) in [5.41, 5.74) is 10.9. The molecule has 0 amide bonds. The Morgan fingerprint density at radius 2 is 1.54 bits per heavy atom. The van der Waals surface area contributed by atoms with Crippen LogP contribution in [0.2, 0.25) is 0 Å². The van der Waals surface area contributed by atoms with Crippen LogP contribution in [0.5, 0.6) is 0 Å². The van der Waals surface area contributed by atoms with Gasteiger partial charge in [0, 0.05) is 0 Å². The molecule has 0 aliphatic carbocycles. The van der Waals surface area contributed by atoms with Crippen molar-refractivity contribution in [3.8, 4) is 0 Å². The second-order valence-corrected chi connectivity index (χ2v) is 6.12. The van der Waals surface area contributed by atoms with Crippen molar-refractivity contribution in [3.05, 3.63) is 18.7 Å². The monoisotopic (exact) mass is 341 g/mol. The fourth-order valence-electron chi connectivity index (χ4n) is 2.44. The lowest BCUT2D eigenvalue weighted by Crippen LogP contribution is -2.31. The molecular formula is C16H29N4O4+. The van der Waals surface area contributed by atoms with Gasteiger partial charge < -0.3 is 21.7 Å². The van der Waals surface area contributed by atoms with Crippen LogP contribution in [0.15, 0.2) is 18.7 Å². The smallest absolute Gasteiger partial charge is 0.320 e. The molecule has 8 nitrogen and oxygen atoms in total. The molecule has 136 valence electrons. The first-order chi connectivity index (χ1) is 11.4. The molecule has 24 heavy (non-hydrogen) atoms. The van der Waals surface area contributed by atoms with Crippen LogP contribution < -0.4 is 16.0 Å². The lowest BCUT2D eigenvalue weighted by molar-refractivity contribution is -0.696. The molecule has 0 saturated heterocycles. The standard InChI is InChI=1S/C16H28N4O4/c17-13(15(21)22)6-2-1-4-8-19-10-11-20(12-19)9-5-3-7-14(18)16(23)24/h10-14H,1-9,17-18H2,(H-,21,22,23,24)/p+1. The van der Waals surface area contributed by atoms with Gasteiger partial charge in [-0.05, 0) is 38.5 Å². The molecule has 8 heteroatoms. The van der Waals surface area contributed by atoms with Crippen LogP contribution in [0.4, 0.5) is 0 Å². The highest BCUT2D eigenvalue weighted by molar-refractivity contribution is 5.73. The number of unbranched alkanes of at least 4 members (excludes halogenated alkanes) is 3. The quantitative estimate of drug-likeness (QED) is 0.301. The number of aliphatic carboxylic acids is 2. The van der Waals surface area contributed by atoms with Crippen molar-refractivity contribution < 1.29 is 24.4 Å². The number of hydrogen-bond acceptors (Lipinski definition) is 4. The molecule has 0 bridgehead atoms. The van der Waals surface area contributed by atoms with Gasteiger partial charge in [-0.3, -0.25) is 9.59 Å². The lowest BCUT2D eigenvalue weighted by Gasteiger charge is -2.05. The van der Waals surface area contributed by atoms with Crippen LogP contribution >= 0.6 is 0 Å². The number of aromatic nitrogens is 2. The second kappa shape index (κ2) is 10.8. The van der Waals surface area contributed by atoms with E-state index < -0.39 is 24.0 Å². The van der Waals surface area contributed by atoms with E-state index in [-0.39, 0.29) is 0 Å². The Kier molecular flexibility index (Phi) is 9.03. The summed E-state index contributed by atoms with van der Waals surface area (Å²) in [5, 5.41) is 17.4. The number of rotatable bonds is 13. The number of carboxylic acid groups (broad SMARTS) is 2. The van der Waals surface area contributed by atoms with Gasteiger partial charge in [0.05, 0.1) is 13.1 Å². The normalized spacial score (nSPS) is 13.6. The third kappa shape index (κ3) is 8.07. The maximum absolute atomic E-state index is 10.6. The van der Waals surface area contributed by atoms with E-state index in [2.05, 4.69) is 9.13 Å². The van der Waals surface area contributed by atoms with Crippen molar-refractivity contribution in [2.45, 2.75) is 70.1 Å². The third-order valence-corrected chi connectivity index (χ3v) is 3.99. The van der Waals surface area contributed by atoms with E-state index in [4.69, 9.17) is 21.7 Å². The van der Waals surface area contributed by atoms with Crippen molar-refractivity contribution in [1.29, 1.82) is 0 Å². The SMILES string of the molecule is NC(CCCCC[n+]1ccn(CCCCC(N)C(=O)O)c1)C(=O)O. The highest BCUT2D eigenvalue weighted by Crippen LogP contribution is 2.04. The van der Waals surface area contributed by atoms with Crippen LogP contribution in [0.25, 0.3) is 0 Å². The van der Waals surface area contributed by atoms with Gasteiger partial charge in [0.15, 0.2) is 0 Å². The molecule has 1 rings (SSSR count). The molecule has 6 N–H and O–H groups in total. The Morgan fingerprint density at radius 1 is 0.958 bits per heavy atom. The van der Waals surface area contributed by atoms with E-state index >= 15 is 0 Å². The second-order valence-electron chi connectivity index (χ2n) is 6.12. The number of aryl methyl sites for hydroxylation is 2. The van der Waals surface area contributed by atoms with E-state index in [1.165, 1.54) is 0 Å². The maximum Gasteiger partial charge on any atom is 0.320 e. The summed E-state index contributed by atoms with van der Waals surface area (Å²) in [6.07, 6.45) is 11.5. The van der Waals surface area contributed by atoms with Crippen molar-refractivity contribution in [3.63, 3.8) is 0 Å². The predicted molar refractivity (Wildman–Crippen MR) is 88.2 cm³/mol. The minimum atomic E-state index is -0.946. The predicted octanol–water partition coefficient (Wildman–Crippen LogP) is 0.330. The minimum Gasteiger partial charge on any atom is -0.480 e. The van der Waals surface area contributed by atoms with Crippen LogP contribution in [-0.4, -0.2) is 38.8 Å². The average Bonchev–Trinajstić information content (AvgIpc) is 2.98. The molecule has 1 heterocycles. The number of nitrogens with zero attached hydrogens (tertiary/aromatic N) is 2. The molecule has 2 atom stereocenters. The largest absolute Gasteiger partial charge is 0.480 e. The van der Waals surface area contributed by atoms with Crippen molar-refractivity contribution in [1.82, 2.24) is 4.57 Å². The number of carboxylic acids is 2. The highest BCUT2D eigenvalue weighted by Gasteiger charge is 2.11. The first kappa shape index (κ1) is 20.1. The molecule has 0 aliphatic heterocycles. The summed E-state index contributed by atoms with van der Waals surface area (Å²) in [6.45, 7) is 1.73. The molecule has 0 radical (unpaired) electrons. The van der Waals surface area contributed by atoms with Gasteiger partial charge in [-0.25, -0.2) is 9.13 Å². The van der Waals surface area contributed by atoms with Gasteiger partial charge >= 0.3 is 11.9 Å². The fraction of sp³-hybridized carbons (Fsp3) is 0.688. The molecule has 0 fully saturated rings. The van der Waals surface area contributed by atoms with Crippen molar-refractivity contribution in [2.24, 2.45) is 11.5 Å². The van der Waals surface area contributed by atoms with Gasteiger partial charge in [0.25, 0.3) is 0 Å². The Labute approximate surface area is 142 Å². The van der Waals surface area contributed by atoms with Crippen molar-refractivity contribution >= 4 is 11.9 Å². The van der Waals surface area contributed by atoms with Gasteiger partial charge in [-0.15, -0.1) is 0 Å². The van der Waals surface area contributed by atoms with Crippen LogP contribution in [0.3, 0.4) is 0 Å². The van der Waals surface area contributed by atoms with Gasteiger partial charge in [0.1, 0.15) is 24.5 Å².